The van der Waals surface area contributed by atoms with Gasteiger partial charge in [-0.3, -0.25) is 4.79 Å². The van der Waals surface area contributed by atoms with Crippen LogP contribution in [0.3, 0.4) is 0 Å². The Balaban J connectivity index is 0.00000180. The van der Waals surface area contributed by atoms with Crippen LogP contribution in [-0.2, 0) is 11.2 Å². The molecule has 2 aromatic rings. The van der Waals surface area contributed by atoms with Gasteiger partial charge >= 0.3 is 0 Å². The lowest BCUT2D eigenvalue weighted by atomic mass is 10.3. The van der Waals surface area contributed by atoms with E-state index in [0.717, 1.165) is 11.4 Å². The molecule has 1 amide bonds. The van der Waals surface area contributed by atoms with Gasteiger partial charge in [-0.05, 0) is 18.5 Å². The molecule has 2 N–H and O–H groups in total. The summed E-state index contributed by atoms with van der Waals surface area (Å²) in [7, 11) is 1.84. The van der Waals surface area contributed by atoms with E-state index in [1.54, 1.807) is 11.3 Å². The quantitative estimate of drug-likeness (QED) is 0.792. The molecular weight excluding hydrogens is 321 g/mol. The Morgan fingerprint density at radius 1 is 1.40 bits per heavy atom. The molecule has 0 unspecified atom stereocenters. The number of amides is 1. The highest BCUT2D eigenvalue weighted by atomic mass is 35.5. The van der Waals surface area contributed by atoms with Crippen molar-refractivity contribution in [3.8, 4) is 10.8 Å². The number of carbonyl (C=O) groups excluding carboxylic acids is 1. The minimum absolute atomic E-state index is 0. The zero-order valence-corrected chi connectivity index (χ0v) is 13.4. The van der Waals surface area contributed by atoms with E-state index in [9.17, 15) is 4.79 Å². The Morgan fingerprint density at radius 2 is 2.20 bits per heavy atom. The van der Waals surface area contributed by atoms with Crippen molar-refractivity contribution in [2.24, 2.45) is 0 Å². The fourth-order valence-corrected chi connectivity index (χ4v) is 2.11. The van der Waals surface area contributed by atoms with Gasteiger partial charge in [0.15, 0.2) is 0 Å². The normalized spacial score (nSPS) is 9.45. The van der Waals surface area contributed by atoms with Crippen LogP contribution < -0.4 is 10.6 Å². The van der Waals surface area contributed by atoms with E-state index in [-0.39, 0.29) is 37.1 Å². The molecule has 0 aliphatic carbocycles. The number of oxazole rings is 1. The second-order valence-electron chi connectivity index (χ2n) is 3.75. The summed E-state index contributed by atoms with van der Waals surface area (Å²) in [6, 6.07) is 3.88. The summed E-state index contributed by atoms with van der Waals surface area (Å²) in [5.41, 5.74) is 0.653. The maximum Gasteiger partial charge on any atom is 0.236 e. The first-order valence-corrected chi connectivity index (χ1v) is 6.57. The first-order valence-electron chi connectivity index (χ1n) is 5.69. The second-order valence-corrected chi connectivity index (χ2v) is 4.70. The van der Waals surface area contributed by atoms with Crippen LogP contribution in [0.1, 0.15) is 5.69 Å². The van der Waals surface area contributed by atoms with Gasteiger partial charge < -0.3 is 15.1 Å². The Hall–Kier alpha value is -1.08. The van der Waals surface area contributed by atoms with E-state index in [2.05, 4.69) is 15.6 Å². The summed E-state index contributed by atoms with van der Waals surface area (Å²) in [5, 5.41) is 7.72. The van der Waals surface area contributed by atoms with E-state index in [1.165, 1.54) is 6.26 Å². The van der Waals surface area contributed by atoms with Crippen LogP contribution in [-0.4, -0.2) is 31.0 Å². The van der Waals surface area contributed by atoms with Crippen LogP contribution in [0.15, 0.2) is 28.2 Å². The highest BCUT2D eigenvalue weighted by Gasteiger charge is 2.10. The number of thiophene rings is 1. The Kier molecular flexibility index (Phi) is 9.24. The summed E-state index contributed by atoms with van der Waals surface area (Å²) >= 11 is 1.56. The predicted molar refractivity (Wildman–Crippen MR) is 85.0 cm³/mol. The number of carbonyl (C=O) groups is 1. The van der Waals surface area contributed by atoms with Crippen molar-refractivity contribution in [3.63, 3.8) is 0 Å². The van der Waals surface area contributed by atoms with Gasteiger partial charge in [0.05, 0.1) is 17.0 Å². The monoisotopic (exact) mass is 337 g/mol. The average Bonchev–Trinajstić information content (AvgIpc) is 2.98. The van der Waals surface area contributed by atoms with E-state index in [4.69, 9.17) is 4.42 Å². The largest absolute Gasteiger partial charge is 0.444 e. The molecule has 0 saturated heterocycles. The van der Waals surface area contributed by atoms with Crippen molar-refractivity contribution in [2.75, 3.05) is 20.1 Å². The van der Waals surface area contributed by atoms with Crippen molar-refractivity contribution in [2.45, 2.75) is 6.42 Å². The Labute approximate surface area is 134 Å². The SMILES string of the molecule is CNCCNC(=O)Cc1coc(-c2cccs2)n1.Cl.Cl. The summed E-state index contributed by atoms with van der Waals surface area (Å²) in [6.45, 7) is 1.37. The molecule has 20 heavy (non-hydrogen) atoms. The van der Waals surface area contributed by atoms with Gasteiger partial charge in [-0.1, -0.05) is 6.07 Å². The van der Waals surface area contributed by atoms with Crippen molar-refractivity contribution in [3.05, 3.63) is 29.5 Å². The van der Waals surface area contributed by atoms with Crippen LogP contribution in [0, 0.1) is 0 Å². The maximum atomic E-state index is 11.6. The van der Waals surface area contributed by atoms with Crippen LogP contribution in [0.2, 0.25) is 0 Å². The molecule has 0 aliphatic rings. The van der Waals surface area contributed by atoms with E-state index in [1.807, 2.05) is 24.6 Å². The average molecular weight is 338 g/mol. The molecule has 2 rings (SSSR count). The topological polar surface area (TPSA) is 67.2 Å². The number of nitrogens with one attached hydrogen (secondary N) is 2. The van der Waals surface area contributed by atoms with Gasteiger partial charge in [0, 0.05) is 13.1 Å². The molecule has 0 spiro atoms. The van der Waals surface area contributed by atoms with Gasteiger partial charge in [0.2, 0.25) is 11.8 Å². The second kappa shape index (κ2) is 9.77. The molecule has 5 nitrogen and oxygen atoms in total. The molecule has 0 aliphatic heterocycles. The molecule has 0 fully saturated rings. The van der Waals surface area contributed by atoms with E-state index >= 15 is 0 Å². The number of nitrogens with zero attached hydrogens (tertiary/aromatic N) is 1. The fraction of sp³-hybridized carbons (Fsp3) is 0.333. The predicted octanol–water partition coefficient (Wildman–Crippen LogP) is 2.12. The first kappa shape index (κ1) is 18.9. The lowest BCUT2D eigenvalue weighted by Gasteiger charge is -2.02. The molecule has 0 saturated carbocycles. The Morgan fingerprint density at radius 3 is 2.85 bits per heavy atom. The van der Waals surface area contributed by atoms with Crippen molar-refractivity contribution < 1.29 is 9.21 Å². The molecule has 8 heteroatoms. The lowest BCUT2D eigenvalue weighted by Crippen LogP contribution is -2.31. The maximum absolute atomic E-state index is 11.6. The summed E-state index contributed by atoms with van der Waals surface area (Å²) in [6.07, 6.45) is 1.78. The molecule has 0 atom stereocenters. The number of aromatic nitrogens is 1. The number of rotatable bonds is 6. The van der Waals surface area contributed by atoms with Crippen molar-refractivity contribution >= 4 is 42.1 Å². The molecule has 0 bridgehead atoms. The number of likely N-dealkylation sites (N-methyl/N-ethyl adjacent to an activating group) is 1. The summed E-state index contributed by atoms with van der Waals surface area (Å²) in [4.78, 5) is 16.8. The third kappa shape index (κ3) is 5.50. The Bertz CT molecular complexity index is 503. The third-order valence-electron chi connectivity index (χ3n) is 2.32. The number of hydrogen-bond acceptors (Lipinski definition) is 5. The van der Waals surface area contributed by atoms with Gasteiger partial charge in [-0.25, -0.2) is 4.98 Å². The number of halogens is 2. The lowest BCUT2D eigenvalue weighted by molar-refractivity contribution is -0.120. The van der Waals surface area contributed by atoms with Crippen LogP contribution in [0.4, 0.5) is 0 Å². The van der Waals surface area contributed by atoms with Crippen LogP contribution in [0.25, 0.3) is 10.8 Å². The van der Waals surface area contributed by atoms with Crippen molar-refractivity contribution in [1.29, 1.82) is 0 Å². The van der Waals surface area contributed by atoms with Crippen molar-refractivity contribution in [1.82, 2.24) is 15.6 Å². The molecule has 112 valence electrons. The van der Waals surface area contributed by atoms with Gasteiger partial charge in [-0.15, -0.1) is 36.2 Å². The summed E-state index contributed by atoms with van der Waals surface area (Å²) < 4.78 is 5.34. The molecular formula is C12H17Cl2N3O2S. The highest BCUT2D eigenvalue weighted by Crippen LogP contribution is 2.23. The van der Waals surface area contributed by atoms with Gasteiger partial charge in [0.1, 0.15) is 6.26 Å². The van der Waals surface area contributed by atoms with Crippen LogP contribution in [0.5, 0.6) is 0 Å². The third-order valence-corrected chi connectivity index (χ3v) is 3.18. The smallest absolute Gasteiger partial charge is 0.236 e. The van der Waals surface area contributed by atoms with Gasteiger partial charge in [-0.2, -0.15) is 0 Å². The minimum atomic E-state index is -0.0451. The van der Waals surface area contributed by atoms with Gasteiger partial charge in [0.25, 0.3) is 0 Å². The standard InChI is InChI=1S/C12H15N3O2S.2ClH/c1-13-4-5-14-11(16)7-9-8-17-12(15-9)10-3-2-6-18-10;;/h2-3,6,8,13H,4-5,7H2,1H3,(H,14,16);2*1H. The molecule has 2 heterocycles. The zero-order chi connectivity index (χ0) is 12.8. The zero-order valence-electron chi connectivity index (χ0n) is 10.9. The van der Waals surface area contributed by atoms with Crippen LogP contribution >= 0.6 is 36.2 Å². The summed E-state index contributed by atoms with van der Waals surface area (Å²) in [5.74, 6) is 0.527. The minimum Gasteiger partial charge on any atom is -0.444 e. The molecule has 0 aromatic carbocycles. The molecule has 2 aromatic heterocycles. The molecule has 0 radical (unpaired) electrons. The van der Waals surface area contributed by atoms with E-state index < -0.39 is 0 Å². The first-order chi connectivity index (χ1) is 8.79. The fourth-order valence-electron chi connectivity index (χ4n) is 1.46. The van der Waals surface area contributed by atoms with E-state index in [0.29, 0.717) is 18.1 Å². The highest BCUT2D eigenvalue weighted by molar-refractivity contribution is 7.13. The number of hydrogen-bond donors (Lipinski definition) is 2.